The molecule has 150 valence electrons. The number of hydrogen-bond acceptors (Lipinski definition) is 2. The largest absolute Gasteiger partial charge is 0.488 e. The molecular formula is C24H29N3O2+2. The molecule has 4 rings (SSSR count). The predicted molar refractivity (Wildman–Crippen MR) is 116 cm³/mol. The van der Waals surface area contributed by atoms with Gasteiger partial charge in [0.05, 0.1) is 0 Å². The zero-order chi connectivity index (χ0) is 19.9. The van der Waals surface area contributed by atoms with Gasteiger partial charge in [0.15, 0.2) is 6.54 Å². The summed E-state index contributed by atoms with van der Waals surface area (Å²) >= 11 is 0. The number of anilines is 1. The van der Waals surface area contributed by atoms with Gasteiger partial charge in [0, 0.05) is 5.69 Å². The van der Waals surface area contributed by atoms with Crippen molar-refractivity contribution < 1.29 is 19.3 Å². The molecule has 0 bridgehead atoms. The molecule has 3 N–H and O–H groups in total. The molecule has 5 heteroatoms. The number of piperazine rings is 1. The zero-order valence-corrected chi connectivity index (χ0v) is 16.7. The van der Waals surface area contributed by atoms with Gasteiger partial charge in [-0.15, -0.1) is 0 Å². The molecule has 1 saturated heterocycles. The fraction of sp³-hybridized carbons (Fsp3) is 0.292. The molecule has 0 unspecified atom stereocenters. The van der Waals surface area contributed by atoms with Gasteiger partial charge in [-0.05, 0) is 35.0 Å². The van der Waals surface area contributed by atoms with Gasteiger partial charge in [0.25, 0.3) is 5.91 Å². The summed E-state index contributed by atoms with van der Waals surface area (Å²) in [4.78, 5) is 15.4. The van der Waals surface area contributed by atoms with Gasteiger partial charge in [-0.2, -0.15) is 0 Å². The van der Waals surface area contributed by atoms with Gasteiger partial charge < -0.3 is 19.9 Å². The van der Waals surface area contributed by atoms with E-state index in [1.165, 1.54) is 10.3 Å². The number of benzene rings is 3. The van der Waals surface area contributed by atoms with Crippen LogP contribution in [0.4, 0.5) is 5.69 Å². The first-order chi connectivity index (χ1) is 14.3. The molecule has 0 aromatic heterocycles. The van der Waals surface area contributed by atoms with Crippen LogP contribution in [-0.4, -0.2) is 51.8 Å². The maximum Gasteiger partial charge on any atom is 0.279 e. The molecule has 3 aromatic rings. The summed E-state index contributed by atoms with van der Waals surface area (Å²) < 4.78 is 5.81. The van der Waals surface area contributed by atoms with Gasteiger partial charge in [0.1, 0.15) is 45.1 Å². The van der Waals surface area contributed by atoms with Crippen LogP contribution in [0.1, 0.15) is 0 Å². The third-order valence-electron chi connectivity index (χ3n) is 5.58. The van der Waals surface area contributed by atoms with Gasteiger partial charge in [-0.1, -0.05) is 48.5 Å². The minimum atomic E-state index is 0.0890. The Morgan fingerprint density at radius 1 is 0.828 bits per heavy atom. The number of rotatable bonds is 7. The first kappa shape index (κ1) is 19.4. The number of para-hydroxylation sites is 1. The van der Waals surface area contributed by atoms with E-state index in [9.17, 15) is 4.79 Å². The number of ether oxygens (including phenoxy) is 1. The molecular weight excluding hydrogens is 362 g/mol. The first-order valence-electron chi connectivity index (χ1n) is 10.4. The lowest BCUT2D eigenvalue weighted by atomic mass is 10.1. The number of hydrogen-bond donors (Lipinski definition) is 3. The molecule has 0 spiro atoms. The lowest BCUT2D eigenvalue weighted by molar-refractivity contribution is -1.01. The van der Waals surface area contributed by atoms with Gasteiger partial charge in [0.2, 0.25) is 0 Å². The van der Waals surface area contributed by atoms with Crippen molar-refractivity contribution >= 4 is 22.4 Å². The van der Waals surface area contributed by atoms with Gasteiger partial charge >= 0.3 is 0 Å². The lowest BCUT2D eigenvalue weighted by Gasteiger charge is -2.29. The molecule has 3 aromatic carbocycles. The fourth-order valence-corrected chi connectivity index (χ4v) is 3.91. The standard InChI is InChI=1S/C24H27N3O2/c28-24(25-22-11-10-20-6-4-5-7-21(20)18-22)19-27-14-12-26(13-15-27)16-17-29-23-8-2-1-3-9-23/h1-11,18H,12-17,19H2,(H,25,28)/p+2. The van der Waals surface area contributed by atoms with Crippen molar-refractivity contribution in [2.75, 3.05) is 51.2 Å². The van der Waals surface area contributed by atoms with E-state index < -0.39 is 0 Å². The Balaban J connectivity index is 1.18. The minimum absolute atomic E-state index is 0.0890. The van der Waals surface area contributed by atoms with Crippen molar-refractivity contribution in [3.8, 4) is 5.75 Å². The summed E-state index contributed by atoms with van der Waals surface area (Å²) in [5.74, 6) is 1.02. The molecule has 0 atom stereocenters. The highest BCUT2D eigenvalue weighted by Gasteiger charge is 2.24. The normalized spacial score (nSPS) is 19.0. The van der Waals surface area contributed by atoms with Crippen molar-refractivity contribution in [3.63, 3.8) is 0 Å². The zero-order valence-electron chi connectivity index (χ0n) is 16.7. The molecule has 1 heterocycles. The lowest BCUT2D eigenvalue weighted by Crippen LogP contribution is -3.28. The van der Waals surface area contributed by atoms with Crippen molar-refractivity contribution in [2.45, 2.75) is 0 Å². The molecule has 1 aliphatic heterocycles. The van der Waals surface area contributed by atoms with Crippen LogP contribution in [0.25, 0.3) is 10.8 Å². The molecule has 0 radical (unpaired) electrons. The minimum Gasteiger partial charge on any atom is -0.488 e. The number of amides is 1. The Bertz CT molecular complexity index is 937. The average Bonchev–Trinajstić information content (AvgIpc) is 2.75. The van der Waals surface area contributed by atoms with E-state index in [-0.39, 0.29) is 5.91 Å². The molecule has 1 aliphatic rings. The van der Waals surface area contributed by atoms with Crippen LogP contribution in [0.5, 0.6) is 5.75 Å². The van der Waals surface area contributed by atoms with E-state index in [4.69, 9.17) is 4.74 Å². The predicted octanol–water partition coefficient (Wildman–Crippen LogP) is 0.641. The number of nitrogens with one attached hydrogen (secondary N) is 3. The van der Waals surface area contributed by atoms with Gasteiger partial charge in [-0.25, -0.2) is 0 Å². The maximum absolute atomic E-state index is 12.5. The summed E-state index contributed by atoms with van der Waals surface area (Å²) in [6.45, 7) is 6.47. The van der Waals surface area contributed by atoms with E-state index in [2.05, 4.69) is 23.5 Å². The van der Waals surface area contributed by atoms with Crippen LogP contribution < -0.4 is 19.9 Å². The van der Waals surface area contributed by atoms with Crippen molar-refractivity contribution in [3.05, 3.63) is 72.8 Å². The summed E-state index contributed by atoms with van der Waals surface area (Å²) in [5.41, 5.74) is 0.871. The third-order valence-corrected chi connectivity index (χ3v) is 5.58. The van der Waals surface area contributed by atoms with Crippen LogP contribution in [0.2, 0.25) is 0 Å². The first-order valence-corrected chi connectivity index (χ1v) is 10.4. The van der Waals surface area contributed by atoms with Crippen molar-refractivity contribution in [1.82, 2.24) is 0 Å². The SMILES string of the molecule is O=C(C[NH+]1CC[NH+](CCOc2ccccc2)CC1)Nc1ccc2ccccc2c1. The Morgan fingerprint density at radius 2 is 1.52 bits per heavy atom. The summed E-state index contributed by atoms with van der Waals surface area (Å²) in [5, 5.41) is 5.39. The second kappa shape index (κ2) is 9.54. The second-order valence-corrected chi connectivity index (χ2v) is 7.70. The summed E-state index contributed by atoms with van der Waals surface area (Å²) in [6.07, 6.45) is 0. The Labute approximate surface area is 171 Å². The monoisotopic (exact) mass is 391 g/mol. The highest BCUT2D eigenvalue weighted by atomic mass is 16.5. The highest BCUT2D eigenvalue weighted by molar-refractivity contribution is 5.94. The molecule has 5 nitrogen and oxygen atoms in total. The Morgan fingerprint density at radius 3 is 2.31 bits per heavy atom. The average molecular weight is 392 g/mol. The van der Waals surface area contributed by atoms with Crippen LogP contribution in [0.15, 0.2) is 72.8 Å². The number of quaternary nitrogens is 2. The second-order valence-electron chi connectivity index (χ2n) is 7.70. The topological polar surface area (TPSA) is 47.2 Å². The van der Waals surface area contributed by atoms with Crippen molar-refractivity contribution in [2.24, 2.45) is 0 Å². The van der Waals surface area contributed by atoms with Crippen LogP contribution in [0, 0.1) is 0 Å². The fourth-order valence-electron chi connectivity index (χ4n) is 3.91. The Kier molecular flexibility index (Phi) is 6.39. The third kappa shape index (κ3) is 5.56. The van der Waals surface area contributed by atoms with E-state index >= 15 is 0 Å². The van der Waals surface area contributed by atoms with Crippen molar-refractivity contribution in [1.29, 1.82) is 0 Å². The maximum atomic E-state index is 12.5. The van der Waals surface area contributed by atoms with E-state index in [1.807, 2.05) is 54.6 Å². The summed E-state index contributed by atoms with van der Waals surface area (Å²) in [7, 11) is 0. The molecule has 0 aliphatic carbocycles. The quantitative estimate of drug-likeness (QED) is 0.554. The summed E-state index contributed by atoms with van der Waals surface area (Å²) in [6, 6.07) is 24.2. The highest BCUT2D eigenvalue weighted by Crippen LogP contribution is 2.18. The molecule has 1 fully saturated rings. The Hall–Kier alpha value is -2.89. The van der Waals surface area contributed by atoms with E-state index in [0.717, 1.165) is 56.2 Å². The number of fused-ring (bicyclic) bond motifs is 1. The van der Waals surface area contributed by atoms with E-state index in [1.54, 1.807) is 4.90 Å². The van der Waals surface area contributed by atoms with Crippen LogP contribution >= 0.6 is 0 Å². The molecule has 29 heavy (non-hydrogen) atoms. The molecule has 1 amide bonds. The van der Waals surface area contributed by atoms with Crippen LogP contribution in [0.3, 0.4) is 0 Å². The van der Waals surface area contributed by atoms with Crippen LogP contribution in [-0.2, 0) is 4.79 Å². The number of carbonyl (C=O) groups is 1. The smallest absolute Gasteiger partial charge is 0.279 e. The van der Waals surface area contributed by atoms with Gasteiger partial charge in [-0.3, -0.25) is 4.79 Å². The number of carbonyl (C=O) groups excluding carboxylic acids is 1. The molecule has 0 saturated carbocycles. The van der Waals surface area contributed by atoms with E-state index in [0.29, 0.717) is 6.54 Å².